The summed E-state index contributed by atoms with van der Waals surface area (Å²) < 4.78 is 27.4. The van der Waals surface area contributed by atoms with Gasteiger partial charge in [0.15, 0.2) is 0 Å². The van der Waals surface area contributed by atoms with Crippen molar-refractivity contribution in [3.8, 4) is 0 Å². The van der Waals surface area contributed by atoms with Crippen LogP contribution in [0.25, 0.3) is 0 Å². The lowest BCUT2D eigenvalue weighted by molar-refractivity contribution is 0.371. The van der Waals surface area contributed by atoms with Gasteiger partial charge in [0.1, 0.15) is 11.6 Å². The van der Waals surface area contributed by atoms with Crippen molar-refractivity contribution in [2.75, 3.05) is 13.1 Å². The van der Waals surface area contributed by atoms with E-state index in [1.165, 1.54) is 0 Å². The van der Waals surface area contributed by atoms with E-state index in [1.54, 1.807) is 6.07 Å². The van der Waals surface area contributed by atoms with Gasteiger partial charge in [-0.1, -0.05) is 13.8 Å². The molecular formula is C15H21F2N. The molecule has 1 aromatic rings. The van der Waals surface area contributed by atoms with Crippen LogP contribution >= 0.6 is 0 Å². The number of nitrogens with one attached hydrogen (secondary N) is 1. The summed E-state index contributed by atoms with van der Waals surface area (Å²) in [4.78, 5) is 0. The molecule has 0 radical (unpaired) electrons. The lowest BCUT2D eigenvalue weighted by atomic mass is 9.90. The van der Waals surface area contributed by atoms with Crippen LogP contribution in [0.15, 0.2) is 12.1 Å². The average Bonchev–Trinajstić information content (AvgIpc) is 2.33. The first-order chi connectivity index (χ1) is 8.58. The molecule has 1 N–H and O–H groups in total. The zero-order chi connectivity index (χ0) is 13.1. The van der Waals surface area contributed by atoms with Crippen molar-refractivity contribution in [3.05, 3.63) is 34.9 Å². The van der Waals surface area contributed by atoms with E-state index in [9.17, 15) is 8.78 Å². The minimum absolute atomic E-state index is 0.0915. The van der Waals surface area contributed by atoms with Crippen LogP contribution in [0.2, 0.25) is 0 Å². The number of piperidine rings is 1. The second-order valence-electron chi connectivity index (χ2n) is 5.54. The van der Waals surface area contributed by atoms with E-state index >= 15 is 0 Å². The predicted molar refractivity (Wildman–Crippen MR) is 69.7 cm³/mol. The van der Waals surface area contributed by atoms with Crippen LogP contribution in [-0.2, 0) is 6.42 Å². The van der Waals surface area contributed by atoms with Crippen molar-refractivity contribution in [2.24, 2.45) is 5.92 Å². The number of rotatable bonds is 3. The van der Waals surface area contributed by atoms with Crippen LogP contribution < -0.4 is 5.32 Å². The third-order valence-electron chi connectivity index (χ3n) is 3.70. The van der Waals surface area contributed by atoms with Crippen molar-refractivity contribution in [3.63, 3.8) is 0 Å². The molecule has 1 atom stereocenters. The number of hydrogen-bond acceptors (Lipinski definition) is 1. The molecule has 1 nitrogen and oxygen atoms in total. The Balaban J connectivity index is 2.18. The zero-order valence-corrected chi connectivity index (χ0v) is 11.1. The Morgan fingerprint density at radius 1 is 1.28 bits per heavy atom. The Morgan fingerprint density at radius 2 is 2.06 bits per heavy atom. The lowest BCUT2D eigenvalue weighted by Crippen LogP contribution is -2.31. The molecule has 0 saturated carbocycles. The molecule has 3 heteroatoms. The molecule has 1 saturated heterocycles. The minimum atomic E-state index is -0.423. The first kappa shape index (κ1) is 13.5. The third-order valence-corrected chi connectivity index (χ3v) is 3.70. The van der Waals surface area contributed by atoms with Gasteiger partial charge in [0, 0.05) is 6.07 Å². The Bertz CT molecular complexity index is 409. The van der Waals surface area contributed by atoms with Crippen LogP contribution in [0.3, 0.4) is 0 Å². The molecule has 1 aliphatic heterocycles. The second kappa shape index (κ2) is 5.79. The number of hydrogen-bond donors (Lipinski definition) is 1. The summed E-state index contributed by atoms with van der Waals surface area (Å²) in [6.07, 6.45) is 2.98. The molecule has 100 valence electrons. The van der Waals surface area contributed by atoms with Crippen molar-refractivity contribution in [1.29, 1.82) is 0 Å². The summed E-state index contributed by atoms with van der Waals surface area (Å²) in [6.45, 7) is 5.86. The Labute approximate surface area is 108 Å². The molecule has 1 aromatic carbocycles. The van der Waals surface area contributed by atoms with E-state index < -0.39 is 11.6 Å². The van der Waals surface area contributed by atoms with Gasteiger partial charge in [-0.3, -0.25) is 0 Å². The Morgan fingerprint density at radius 3 is 2.67 bits per heavy atom. The minimum Gasteiger partial charge on any atom is -0.316 e. The summed E-state index contributed by atoms with van der Waals surface area (Å²) in [5, 5.41) is 3.33. The fraction of sp³-hybridized carbons (Fsp3) is 0.600. The monoisotopic (exact) mass is 253 g/mol. The predicted octanol–water partition coefficient (Wildman–Crippen LogP) is 3.63. The van der Waals surface area contributed by atoms with Crippen LogP contribution in [0, 0.1) is 17.6 Å². The smallest absolute Gasteiger partial charge is 0.129 e. The SMILES string of the molecule is CC(C)c1cc(CC2CCCNC2)c(F)cc1F. The summed E-state index contributed by atoms with van der Waals surface area (Å²) in [7, 11) is 0. The molecule has 1 unspecified atom stereocenters. The quantitative estimate of drug-likeness (QED) is 0.867. The molecule has 0 aromatic heterocycles. The molecule has 1 heterocycles. The molecule has 0 amide bonds. The molecule has 2 rings (SSSR count). The zero-order valence-electron chi connectivity index (χ0n) is 11.1. The maximum atomic E-state index is 13.8. The summed E-state index contributed by atoms with van der Waals surface area (Å²) >= 11 is 0. The highest BCUT2D eigenvalue weighted by molar-refractivity contribution is 5.29. The van der Waals surface area contributed by atoms with Crippen LogP contribution in [0.1, 0.15) is 43.7 Å². The largest absolute Gasteiger partial charge is 0.316 e. The fourth-order valence-electron chi connectivity index (χ4n) is 2.62. The van der Waals surface area contributed by atoms with Crippen molar-refractivity contribution >= 4 is 0 Å². The van der Waals surface area contributed by atoms with Gasteiger partial charge in [-0.2, -0.15) is 0 Å². The van der Waals surface area contributed by atoms with Crippen molar-refractivity contribution < 1.29 is 8.78 Å². The highest BCUT2D eigenvalue weighted by Crippen LogP contribution is 2.25. The second-order valence-corrected chi connectivity index (χ2v) is 5.54. The number of halogens is 2. The standard InChI is InChI=1S/C15H21F2N/c1-10(2)13-7-12(14(16)8-15(13)17)6-11-4-3-5-18-9-11/h7-8,10-11,18H,3-6,9H2,1-2H3. The lowest BCUT2D eigenvalue weighted by Gasteiger charge is -2.23. The summed E-state index contributed by atoms with van der Waals surface area (Å²) in [5.74, 6) is -0.261. The van der Waals surface area contributed by atoms with E-state index in [2.05, 4.69) is 5.32 Å². The van der Waals surface area contributed by atoms with E-state index in [-0.39, 0.29) is 5.92 Å². The summed E-state index contributed by atoms with van der Waals surface area (Å²) in [6, 6.07) is 2.75. The molecule has 0 bridgehead atoms. The van der Waals surface area contributed by atoms with Crippen LogP contribution in [-0.4, -0.2) is 13.1 Å². The normalized spacial score (nSPS) is 20.4. The van der Waals surface area contributed by atoms with E-state index in [0.29, 0.717) is 23.5 Å². The molecule has 0 spiro atoms. The molecule has 1 fully saturated rings. The van der Waals surface area contributed by atoms with Gasteiger partial charge in [-0.25, -0.2) is 8.78 Å². The van der Waals surface area contributed by atoms with Crippen LogP contribution in [0.5, 0.6) is 0 Å². The van der Waals surface area contributed by atoms with E-state index in [4.69, 9.17) is 0 Å². The first-order valence-electron chi connectivity index (χ1n) is 6.76. The van der Waals surface area contributed by atoms with Crippen LogP contribution in [0.4, 0.5) is 8.78 Å². The van der Waals surface area contributed by atoms with E-state index in [0.717, 1.165) is 32.0 Å². The van der Waals surface area contributed by atoms with Gasteiger partial charge < -0.3 is 5.32 Å². The van der Waals surface area contributed by atoms with Gasteiger partial charge in [-0.05, 0) is 61.4 Å². The first-order valence-corrected chi connectivity index (χ1v) is 6.76. The van der Waals surface area contributed by atoms with Gasteiger partial charge in [-0.15, -0.1) is 0 Å². The highest BCUT2D eigenvalue weighted by atomic mass is 19.1. The van der Waals surface area contributed by atoms with Crippen molar-refractivity contribution in [1.82, 2.24) is 5.32 Å². The molecular weight excluding hydrogens is 232 g/mol. The maximum absolute atomic E-state index is 13.8. The van der Waals surface area contributed by atoms with E-state index in [1.807, 2.05) is 13.8 Å². The maximum Gasteiger partial charge on any atom is 0.129 e. The third kappa shape index (κ3) is 3.08. The Kier molecular flexibility index (Phi) is 4.33. The Hall–Kier alpha value is -0.960. The van der Waals surface area contributed by atoms with Crippen molar-refractivity contribution in [2.45, 2.75) is 39.0 Å². The molecule has 0 aliphatic carbocycles. The number of benzene rings is 1. The average molecular weight is 253 g/mol. The van der Waals surface area contributed by atoms with Gasteiger partial charge in [0.2, 0.25) is 0 Å². The fourth-order valence-corrected chi connectivity index (χ4v) is 2.62. The topological polar surface area (TPSA) is 12.0 Å². The molecule has 18 heavy (non-hydrogen) atoms. The molecule has 1 aliphatic rings. The van der Waals surface area contributed by atoms with Gasteiger partial charge >= 0.3 is 0 Å². The van der Waals surface area contributed by atoms with Gasteiger partial charge in [0.25, 0.3) is 0 Å². The summed E-state index contributed by atoms with van der Waals surface area (Å²) in [5.41, 5.74) is 1.28. The highest BCUT2D eigenvalue weighted by Gasteiger charge is 2.18. The van der Waals surface area contributed by atoms with Gasteiger partial charge in [0.05, 0.1) is 0 Å².